The number of aromatic nitrogens is 1. The van der Waals surface area contributed by atoms with E-state index < -0.39 is 0 Å². The average Bonchev–Trinajstić information content (AvgIpc) is 3.14. The van der Waals surface area contributed by atoms with Gasteiger partial charge in [0, 0.05) is 24.4 Å². The topological polar surface area (TPSA) is 80.3 Å². The number of aryl methyl sites for hydroxylation is 2. The molecule has 0 aliphatic rings. The second-order valence-electron chi connectivity index (χ2n) is 6.75. The van der Waals surface area contributed by atoms with Crippen LogP contribution in [0.3, 0.4) is 0 Å². The number of thiazole rings is 1. The van der Waals surface area contributed by atoms with E-state index in [2.05, 4.69) is 15.6 Å². The Labute approximate surface area is 173 Å². The monoisotopic (exact) mass is 409 g/mol. The Morgan fingerprint density at radius 2 is 1.86 bits per heavy atom. The smallest absolute Gasteiger partial charge is 0.264 e. The van der Waals surface area contributed by atoms with Gasteiger partial charge in [0.1, 0.15) is 5.75 Å². The maximum Gasteiger partial charge on any atom is 0.264 e. The number of hydrogen-bond donors (Lipinski definition) is 2. The molecule has 0 saturated heterocycles. The van der Waals surface area contributed by atoms with E-state index in [1.807, 2.05) is 61.7 Å². The van der Waals surface area contributed by atoms with E-state index in [0.717, 1.165) is 27.9 Å². The third-order valence-corrected chi connectivity index (χ3v) is 4.99. The van der Waals surface area contributed by atoms with Crippen LogP contribution in [-0.4, -0.2) is 23.4 Å². The van der Waals surface area contributed by atoms with Crippen molar-refractivity contribution in [2.45, 2.75) is 27.3 Å². The van der Waals surface area contributed by atoms with Crippen molar-refractivity contribution in [2.75, 3.05) is 11.9 Å². The Balaban J connectivity index is 1.55. The first-order valence-corrected chi connectivity index (χ1v) is 10.1. The maximum absolute atomic E-state index is 12.2. The molecule has 0 atom stereocenters. The standard InChI is InChI=1S/C22H23N3O3S/c1-14-4-9-20(15(2)10-14)28-12-21(27)25-22-24-19(13-29-22)18-7-5-17(6-8-18)11-23-16(3)26/h4-10,13H,11-12H2,1-3H3,(H,23,26)(H,24,25,27). The van der Waals surface area contributed by atoms with E-state index in [1.165, 1.54) is 18.3 Å². The number of nitrogens with one attached hydrogen (secondary N) is 2. The molecule has 0 aliphatic heterocycles. The summed E-state index contributed by atoms with van der Waals surface area (Å²) in [5.41, 5.74) is 4.89. The van der Waals surface area contributed by atoms with E-state index in [0.29, 0.717) is 17.4 Å². The lowest BCUT2D eigenvalue weighted by Crippen LogP contribution is -2.20. The largest absolute Gasteiger partial charge is 0.483 e. The van der Waals surface area contributed by atoms with Crippen LogP contribution in [0.4, 0.5) is 5.13 Å². The Morgan fingerprint density at radius 1 is 1.10 bits per heavy atom. The molecule has 0 unspecified atom stereocenters. The van der Waals surface area contributed by atoms with Crippen LogP contribution < -0.4 is 15.4 Å². The molecule has 29 heavy (non-hydrogen) atoms. The molecular formula is C22H23N3O3S. The number of nitrogens with zero attached hydrogens (tertiary/aromatic N) is 1. The Bertz CT molecular complexity index is 1010. The Kier molecular flexibility index (Phi) is 6.61. The summed E-state index contributed by atoms with van der Waals surface area (Å²) in [6, 6.07) is 13.6. The van der Waals surface area contributed by atoms with Crippen molar-refractivity contribution in [1.29, 1.82) is 0 Å². The van der Waals surface area contributed by atoms with Crippen LogP contribution in [0, 0.1) is 13.8 Å². The van der Waals surface area contributed by atoms with E-state index in [1.54, 1.807) is 0 Å². The van der Waals surface area contributed by atoms with Crippen molar-refractivity contribution in [1.82, 2.24) is 10.3 Å². The van der Waals surface area contributed by atoms with E-state index in [9.17, 15) is 9.59 Å². The Morgan fingerprint density at radius 3 is 2.55 bits per heavy atom. The zero-order valence-electron chi connectivity index (χ0n) is 16.6. The first-order chi connectivity index (χ1) is 13.9. The number of amides is 2. The van der Waals surface area contributed by atoms with Crippen LogP contribution in [0.5, 0.6) is 5.75 Å². The summed E-state index contributed by atoms with van der Waals surface area (Å²) in [5.74, 6) is 0.386. The lowest BCUT2D eigenvalue weighted by atomic mass is 10.1. The molecule has 3 rings (SSSR count). The van der Waals surface area contributed by atoms with Gasteiger partial charge in [-0.25, -0.2) is 4.98 Å². The fraction of sp³-hybridized carbons (Fsp3) is 0.227. The third kappa shape index (κ3) is 5.89. The van der Waals surface area contributed by atoms with Crippen molar-refractivity contribution >= 4 is 28.3 Å². The molecule has 150 valence electrons. The molecule has 0 saturated carbocycles. The molecule has 2 N–H and O–H groups in total. The lowest BCUT2D eigenvalue weighted by Gasteiger charge is -2.09. The molecule has 2 aromatic carbocycles. The highest BCUT2D eigenvalue weighted by atomic mass is 32.1. The number of ether oxygens (including phenoxy) is 1. The lowest BCUT2D eigenvalue weighted by molar-refractivity contribution is -0.119. The van der Waals surface area contributed by atoms with Crippen LogP contribution in [0.1, 0.15) is 23.6 Å². The number of benzene rings is 2. The zero-order chi connectivity index (χ0) is 20.8. The van der Waals surface area contributed by atoms with Gasteiger partial charge in [0.15, 0.2) is 11.7 Å². The van der Waals surface area contributed by atoms with E-state index in [-0.39, 0.29) is 18.4 Å². The van der Waals surface area contributed by atoms with Crippen LogP contribution in [0.25, 0.3) is 11.3 Å². The summed E-state index contributed by atoms with van der Waals surface area (Å²) < 4.78 is 5.61. The van der Waals surface area contributed by atoms with Crippen molar-refractivity contribution < 1.29 is 14.3 Å². The quantitative estimate of drug-likeness (QED) is 0.616. The van der Waals surface area contributed by atoms with Gasteiger partial charge >= 0.3 is 0 Å². The molecule has 0 spiro atoms. The number of carbonyl (C=O) groups is 2. The minimum absolute atomic E-state index is 0.0597. The van der Waals surface area contributed by atoms with Gasteiger partial charge in [-0.3, -0.25) is 14.9 Å². The molecule has 3 aromatic rings. The van der Waals surface area contributed by atoms with Crippen LogP contribution in [-0.2, 0) is 16.1 Å². The van der Waals surface area contributed by atoms with Gasteiger partial charge in [-0.2, -0.15) is 0 Å². The summed E-state index contributed by atoms with van der Waals surface area (Å²) in [6.07, 6.45) is 0. The van der Waals surface area contributed by atoms with Crippen molar-refractivity contribution in [3.63, 3.8) is 0 Å². The minimum atomic E-state index is -0.253. The van der Waals surface area contributed by atoms with Crippen LogP contribution in [0.15, 0.2) is 47.8 Å². The van der Waals surface area contributed by atoms with Crippen LogP contribution in [0.2, 0.25) is 0 Å². The van der Waals surface area contributed by atoms with Crippen molar-refractivity contribution in [3.05, 3.63) is 64.5 Å². The molecule has 0 bridgehead atoms. The SMILES string of the molecule is CC(=O)NCc1ccc(-c2csc(NC(=O)COc3ccc(C)cc3C)n2)cc1. The first-order valence-electron chi connectivity index (χ1n) is 9.20. The first kappa shape index (κ1) is 20.5. The molecule has 6 nitrogen and oxygen atoms in total. The molecule has 1 heterocycles. The fourth-order valence-electron chi connectivity index (χ4n) is 2.74. The second-order valence-corrected chi connectivity index (χ2v) is 7.61. The van der Waals surface area contributed by atoms with Gasteiger partial charge in [-0.05, 0) is 31.0 Å². The molecular weight excluding hydrogens is 386 g/mol. The summed E-state index contributed by atoms with van der Waals surface area (Å²) in [6.45, 7) is 5.88. The predicted octanol–water partition coefficient (Wildman–Crippen LogP) is 4.08. The van der Waals surface area contributed by atoms with E-state index >= 15 is 0 Å². The molecule has 0 radical (unpaired) electrons. The Hall–Kier alpha value is -3.19. The molecule has 1 aromatic heterocycles. The van der Waals surface area contributed by atoms with Gasteiger partial charge in [-0.15, -0.1) is 11.3 Å². The number of hydrogen-bond acceptors (Lipinski definition) is 5. The summed E-state index contributed by atoms with van der Waals surface area (Å²) in [5, 5.41) is 7.95. The highest BCUT2D eigenvalue weighted by Crippen LogP contribution is 2.25. The zero-order valence-corrected chi connectivity index (χ0v) is 17.4. The van der Waals surface area contributed by atoms with Gasteiger partial charge in [0.2, 0.25) is 5.91 Å². The van der Waals surface area contributed by atoms with Gasteiger partial charge < -0.3 is 10.1 Å². The van der Waals surface area contributed by atoms with E-state index in [4.69, 9.17) is 4.74 Å². The molecule has 7 heteroatoms. The second kappa shape index (κ2) is 9.34. The number of anilines is 1. The van der Waals surface area contributed by atoms with Crippen LogP contribution >= 0.6 is 11.3 Å². The summed E-state index contributed by atoms with van der Waals surface area (Å²) in [4.78, 5) is 27.6. The predicted molar refractivity (Wildman–Crippen MR) is 115 cm³/mol. The number of rotatable bonds is 7. The van der Waals surface area contributed by atoms with Crippen molar-refractivity contribution in [2.24, 2.45) is 0 Å². The van der Waals surface area contributed by atoms with Gasteiger partial charge in [0.25, 0.3) is 5.91 Å². The summed E-state index contributed by atoms with van der Waals surface area (Å²) >= 11 is 1.36. The molecule has 0 aliphatic carbocycles. The average molecular weight is 410 g/mol. The maximum atomic E-state index is 12.2. The normalized spacial score (nSPS) is 10.4. The third-order valence-electron chi connectivity index (χ3n) is 4.23. The minimum Gasteiger partial charge on any atom is -0.483 e. The molecule has 2 amide bonds. The molecule has 0 fully saturated rings. The number of carbonyl (C=O) groups excluding carboxylic acids is 2. The highest BCUT2D eigenvalue weighted by molar-refractivity contribution is 7.14. The van der Waals surface area contributed by atoms with Gasteiger partial charge in [-0.1, -0.05) is 42.0 Å². The van der Waals surface area contributed by atoms with Crippen molar-refractivity contribution in [3.8, 4) is 17.0 Å². The van der Waals surface area contributed by atoms with Gasteiger partial charge in [0.05, 0.1) is 5.69 Å². The summed E-state index contributed by atoms with van der Waals surface area (Å²) in [7, 11) is 0. The fourth-order valence-corrected chi connectivity index (χ4v) is 3.48. The highest BCUT2D eigenvalue weighted by Gasteiger charge is 2.10.